The van der Waals surface area contributed by atoms with Crippen molar-refractivity contribution in [1.29, 1.82) is 0 Å². The van der Waals surface area contributed by atoms with E-state index in [4.69, 9.17) is 4.74 Å². The summed E-state index contributed by atoms with van der Waals surface area (Å²) in [6.07, 6.45) is 3.37. The number of methoxy groups -OCH3 is 1. The topological polar surface area (TPSA) is 50.3 Å². The second kappa shape index (κ2) is 6.28. The van der Waals surface area contributed by atoms with Crippen LogP contribution in [0.5, 0.6) is 0 Å². The van der Waals surface area contributed by atoms with E-state index in [0.717, 1.165) is 23.9 Å². The van der Waals surface area contributed by atoms with Gasteiger partial charge in [-0.15, -0.1) is 0 Å². The molecule has 1 aliphatic heterocycles. The number of likely N-dealkylation sites (tertiary alicyclic amines) is 1. The largest absolute Gasteiger partial charge is 0.384 e. The number of aromatic nitrogens is 2. The van der Waals surface area contributed by atoms with Crippen molar-refractivity contribution in [2.24, 2.45) is 0 Å². The third-order valence-corrected chi connectivity index (χ3v) is 3.87. The fourth-order valence-electron chi connectivity index (χ4n) is 2.06. The molecule has 0 bridgehead atoms. The van der Waals surface area contributed by atoms with Crippen LogP contribution in [0.15, 0.2) is 0 Å². The number of ether oxygens (including phenoxy) is 1. The third-order valence-electron chi connectivity index (χ3n) is 3.16. The van der Waals surface area contributed by atoms with Gasteiger partial charge in [0, 0.05) is 37.6 Å². The number of anilines is 1. The Hall–Kier alpha value is -0.720. The van der Waals surface area contributed by atoms with E-state index < -0.39 is 0 Å². The van der Waals surface area contributed by atoms with Crippen LogP contribution < -0.4 is 5.32 Å². The van der Waals surface area contributed by atoms with Gasteiger partial charge in [-0.05, 0) is 26.4 Å². The minimum atomic E-state index is 0.640. The number of nitrogens with one attached hydrogen (secondary N) is 1. The highest BCUT2D eigenvalue weighted by Crippen LogP contribution is 2.17. The molecule has 1 aromatic heterocycles. The highest BCUT2D eigenvalue weighted by Gasteiger charge is 2.20. The van der Waals surface area contributed by atoms with E-state index in [2.05, 4.69) is 26.6 Å². The van der Waals surface area contributed by atoms with Crippen molar-refractivity contribution in [3.05, 3.63) is 5.82 Å². The SMILES string of the molecule is COCCc1nsc(NCC2CCCN2C)n1. The molecule has 0 spiro atoms. The van der Waals surface area contributed by atoms with Crippen molar-refractivity contribution >= 4 is 16.7 Å². The molecule has 6 heteroatoms. The van der Waals surface area contributed by atoms with Crippen LogP contribution in [0.2, 0.25) is 0 Å². The summed E-state index contributed by atoms with van der Waals surface area (Å²) in [5.41, 5.74) is 0. The molecular formula is C11H20N4OS. The molecule has 1 atom stereocenters. The van der Waals surface area contributed by atoms with E-state index in [1.54, 1.807) is 7.11 Å². The van der Waals surface area contributed by atoms with Gasteiger partial charge >= 0.3 is 0 Å². The highest BCUT2D eigenvalue weighted by molar-refractivity contribution is 7.09. The molecule has 1 saturated heterocycles. The van der Waals surface area contributed by atoms with Gasteiger partial charge in [0.25, 0.3) is 0 Å². The maximum Gasteiger partial charge on any atom is 0.202 e. The first-order valence-corrected chi connectivity index (χ1v) is 6.82. The molecule has 1 unspecified atom stereocenters. The third kappa shape index (κ3) is 3.62. The first kappa shape index (κ1) is 12.7. The van der Waals surface area contributed by atoms with Gasteiger partial charge in [-0.3, -0.25) is 0 Å². The summed E-state index contributed by atoms with van der Waals surface area (Å²) < 4.78 is 9.30. The van der Waals surface area contributed by atoms with Crippen LogP contribution in [0.25, 0.3) is 0 Å². The Morgan fingerprint density at radius 1 is 1.59 bits per heavy atom. The molecule has 0 amide bonds. The Balaban J connectivity index is 1.76. The zero-order chi connectivity index (χ0) is 12.1. The smallest absolute Gasteiger partial charge is 0.202 e. The van der Waals surface area contributed by atoms with Crippen LogP contribution in [0, 0.1) is 0 Å². The minimum Gasteiger partial charge on any atom is -0.384 e. The summed E-state index contributed by atoms with van der Waals surface area (Å²) in [7, 11) is 3.88. The summed E-state index contributed by atoms with van der Waals surface area (Å²) in [6.45, 7) is 2.86. The molecular weight excluding hydrogens is 236 g/mol. The van der Waals surface area contributed by atoms with Crippen molar-refractivity contribution in [3.63, 3.8) is 0 Å². The van der Waals surface area contributed by atoms with Crippen LogP contribution in [0.4, 0.5) is 5.13 Å². The van der Waals surface area contributed by atoms with E-state index >= 15 is 0 Å². The molecule has 17 heavy (non-hydrogen) atoms. The standard InChI is InChI=1S/C11H20N4OS/c1-15-6-3-4-9(15)8-12-11-13-10(14-17-11)5-7-16-2/h9H,3-8H2,1-2H3,(H,12,13,14). The molecule has 5 nitrogen and oxygen atoms in total. The van der Waals surface area contributed by atoms with Gasteiger partial charge in [0.15, 0.2) is 0 Å². The highest BCUT2D eigenvalue weighted by atomic mass is 32.1. The molecule has 2 rings (SSSR count). The van der Waals surface area contributed by atoms with Gasteiger partial charge in [0.1, 0.15) is 5.82 Å². The lowest BCUT2D eigenvalue weighted by atomic mass is 10.2. The van der Waals surface area contributed by atoms with Crippen molar-refractivity contribution < 1.29 is 4.74 Å². The second-order valence-electron chi connectivity index (χ2n) is 4.42. The van der Waals surface area contributed by atoms with Gasteiger partial charge < -0.3 is 15.0 Å². The number of hydrogen-bond acceptors (Lipinski definition) is 6. The van der Waals surface area contributed by atoms with Gasteiger partial charge in [0.05, 0.1) is 6.61 Å². The summed E-state index contributed by atoms with van der Waals surface area (Å²) in [4.78, 5) is 6.83. The summed E-state index contributed by atoms with van der Waals surface area (Å²) in [5, 5.41) is 4.30. The Bertz CT molecular complexity index is 344. The second-order valence-corrected chi connectivity index (χ2v) is 5.17. The lowest BCUT2D eigenvalue weighted by molar-refractivity contribution is 0.201. The Labute approximate surface area is 106 Å². The van der Waals surface area contributed by atoms with E-state index in [0.29, 0.717) is 12.6 Å². The molecule has 1 fully saturated rings. The molecule has 0 saturated carbocycles. The first-order chi connectivity index (χ1) is 8.29. The first-order valence-electron chi connectivity index (χ1n) is 6.05. The van der Waals surface area contributed by atoms with Gasteiger partial charge in [0.2, 0.25) is 5.13 Å². The zero-order valence-electron chi connectivity index (χ0n) is 10.5. The number of nitrogens with zero attached hydrogens (tertiary/aromatic N) is 3. The van der Waals surface area contributed by atoms with E-state index in [1.807, 2.05) is 0 Å². The average Bonchev–Trinajstić information content (AvgIpc) is 2.93. The summed E-state index contributed by atoms with van der Waals surface area (Å²) in [6, 6.07) is 0.640. The van der Waals surface area contributed by atoms with Crippen molar-refractivity contribution in [3.8, 4) is 0 Å². The molecule has 1 aromatic rings. The number of likely N-dealkylation sites (N-methyl/N-ethyl adjacent to an activating group) is 1. The molecule has 2 heterocycles. The molecule has 0 radical (unpaired) electrons. The molecule has 96 valence electrons. The summed E-state index contributed by atoms with van der Waals surface area (Å²) >= 11 is 1.44. The molecule has 1 N–H and O–H groups in total. The lowest BCUT2D eigenvalue weighted by Gasteiger charge is -2.19. The fraction of sp³-hybridized carbons (Fsp3) is 0.818. The van der Waals surface area contributed by atoms with E-state index in [1.165, 1.54) is 30.9 Å². The maximum absolute atomic E-state index is 5.01. The Morgan fingerprint density at radius 3 is 3.18 bits per heavy atom. The molecule has 1 aliphatic rings. The van der Waals surface area contributed by atoms with Crippen LogP contribution in [-0.2, 0) is 11.2 Å². The van der Waals surface area contributed by atoms with E-state index in [9.17, 15) is 0 Å². The van der Waals surface area contributed by atoms with Gasteiger partial charge in [-0.2, -0.15) is 4.37 Å². The van der Waals surface area contributed by atoms with Crippen LogP contribution in [0.3, 0.4) is 0 Å². The number of hydrogen-bond donors (Lipinski definition) is 1. The van der Waals surface area contributed by atoms with Crippen molar-refractivity contribution in [2.75, 3.05) is 39.2 Å². The van der Waals surface area contributed by atoms with Crippen LogP contribution in [0.1, 0.15) is 18.7 Å². The van der Waals surface area contributed by atoms with Gasteiger partial charge in [-0.1, -0.05) is 0 Å². The van der Waals surface area contributed by atoms with Crippen LogP contribution in [-0.4, -0.2) is 54.2 Å². The normalized spacial score (nSPS) is 20.9. The van der Waals surface area contributed by atoms with Crippen molar-refractivity contribution in [1.82, 2.24) is 14.3 Å². The lowest BCUT2D eigenvalue weighted by Crippen LogP contribution is -2.31. The number of rotatable bonds is 6. The molecule has 0 aliphatic carbocycles. The Morgan fingerprint density at radius 2 is 2.47 bits per heavy atom. The fourth-order valence-corrected chi connectivity index (χ4v) is 2.68. The van der Waals surface area contributed by atoms with E-state index in [-0.39, 0.29) is 0 Å². The molecule has 0 aromatic carbocycles. The predicted molar refractivity (Wildman–Crippen MR) is 69.6 cm³/mol. The van der Waals surface area contributed by atoms with Crippen molar-refractivity contribution in [2.45, 2.75) is 25.3 Å². The Kier molecular flexibility index (Phi) is 4.70. The maximum atomic E-state index is 5.01. The minimum absolute atomic E-state index is 0.640. The quantitative estimate of drug-likeness (QED) is 0.829. The zero-order valence-corrected chi connectivity index (χ0v) is 11.3. The average molecular weight is 256 g/mol. The van der Waals surface area contributed by atoms with Crippen LogP contribution >= 0.6 is 11.5 Å². The monoisotopic (exact) mass is 256 g/mol. The summed E-state index contributed by atoms with van der Waals surface area (Å²) in [5.74, 6) is 0.874. The predicted octanol–water partition coefficient (Wildman–Crippen LogP) is 1.23. The van der Waals surface area contributed by atoms with Gasteiger partial charge in [-0.25, -0.2) is 4.98 Å².